The van der Waals surface area contributed by atoms with Crippen LogP contribution in [0.4, 0.5) is 5.69 Å². The maximum Gasteiger partial charge on any atom is 0.241 e. The molecule has 0 saturated carbocycles. The van der Waals surface area contributed by atoms with Gasteiger partial charge in [0.05, 0.1) is 12.3 Å². The number of nitrogen functional groups attached to an aromatic ring is 1. The second-order valence-corrected chi connectivity index (χ2v) is 5.68. The van der Waals surface area contributed by atoms with E-state index in [4.69, 9.17) is 15.2 Å². The number of anilines is 1. The van der Waals surface area contributed by atoms with Crippen LogP contribution in [0.1, 0.15) is 26.5 Å². The third-order valence-corrected chi connectivity index (χ3v) is 2.60. The van der Waals surface area contributed by atoms with Crippen molar-refractivity contribution in [1.82, 2.24) is 9.97 Å². The van der Waals surface area contributed by atoms with Crippen molar-refractivity contribution < 1.29 is 9.47 Å². The minimum Gasteiger partial charge on any atom is -0.477 e. The average molecular weight is 287 g/mol. The summed E-state index contributed by atoms with van der Waals surface area (Å²) in [5, 5.41) is 0. The van der Waals surface area contributed by atoms with Gasteiger partial charge in [-0.25, -0.2) is 0 Å². The van der Waals surface area contributed by atoms with Crippen LogP contribution in [0.3, 0.4) is 0 Å². The van der Waals surface area contributed by atoms with E-state index in [0.717, 1.165) is 12.1 Å². The van der Waals surface area contributed by atoms with Crippen LogP contribution in [0.2, 0.25) is 0 Å². The van der Waals surface area contributed by atoms with Gasteiger partial charge in [0.25, 0.3) is 0 Å². The number of rotatable bonds is 5. The van der Waals surface area contributed by atoms with Crippen molar-refractivity contribution in [3.8, 4) is 11.8 Å². The Hall–Kier alpha value is -2.30. The van der Waals surface area contributed by atoms with Gasteiger partial charge in [-0.15, -0.1) is 0 Å². The molecule has 5 nitrogen and oxygen atoms in total. The Morgan fingerprint density at radius 2 is 1.95 bits per heavy atom. The summed E-state index contributed by atoms with van der Waals surface area (Å²) < 4.78 is 11.3. The molecule has 0 unspecified atom stereocenters. The number of aromatic nitrogens is 2. The number of nitrogens with zero attached hydrogens (tertiary/aromatic N) is 2. The van der Waals surface area contributed by atoms with Crippen molar-refractivity contribution in [1.29, 1.82) is 0 Å². The SMILES string of the molecule is CC(C)(C)Oc1nc(OCCc2ccccn2)ccc1N. The normalized spacial score (nSPS) is 11.2. The molecule has 2 N–H and O–H groups in total. The lowest BCUT2D eigenvalue weighted by molar-refractivity contribution is 0.123. The van der Waals surface area contributed by atoms with E-state index < -0.39 is 0 Å². The van der Waals surface area contributed by atoms with Crippen LogP contribution in [0.25, 0.3) is 0 Å². The molecule has 2 heterocycles. The molecule has 2 aromatic rings. The molecule has 0 bridgehead atoms. The fourth-order valence-corrected chi connectivity index (χ4v) is 1.69. The summed E-state index contributed by atoms with van der Waals surface area (Å²) in [4.78, 5) is 8.54. The summed E-state index contributed by atoms with van der Waals surface area (Å²) in [6, 6.07) is 9.29. The van der Waals surface area contributed by atoms with E-state index in [1.54, 1.807) is 18.3 Å². The first-order valence-corrected chi connectivity index (χ1v) is 6.92. The fraction of sp³-hybridized carbons (Fsp3) is 0.375. The standard InChI is InChI=1S/C16H21N3O2/c1-16(2,3)21-15-13(17)7-8-14(19-15)20-11-9-12-6-4-5-10-18-12/h4-8,10H,9,11,17H2,1-3H3. The molecule has 5 heteroatoms. The molecule has 0 atom stereocenters. The number of hydrogen-bond donors (Lipinski definition) is 1. The lowest BCUT2D eigenvalue weighted by Gasteiger charge is -2.21. The van der Waals surface area contributed by atoms with Gasteiger partial charge in [-0.2, -0.15) is 4.98 Å². The van der Waals surface area contributed by atoms with Gasteiger partial charge in [0, 0.05) is 24.4 Å². The average Bonchev–Trinajstić information content (AvgIpc) is 2.42. The minimum absolute atomic E-state index is 0.353. The van der Waals surface area contributed by atoms with Gasteiger partial charge in [-0.1, -0.05) is 6.07 Å². The van der Waals surface area contributed by atoms with Crippen LogP contribution >= 0.6 is 0 Å². The maximum absolute atomic E-state index is 5.86. The van der Waals surface area contributed by atoms with Crippen LogP contribution in [0, 0.1) is 0 Å². The molecule has 2 aromatic heterocycles. The third-order valence-electron chi connectivity index (χ3n) is 2.60. The molecule has 0 aliphatic heterocycles. The van der Waals surface area contributed by atoms with E-state index in [2.05, 4.69) is 9.97 Å². The van der Waals surface area contributed by atoms with E-state index in [0.29, 0.717) is 24.1 Å². The molecule has 0 fully saturated rings. The molecule has 0 amide bonds. The van der Waals surface area contributed by atoms with E-state index in [9.17, 15) is 0 Å². The van der Waals surface area contributed by atoms with Crippen molar-refractivity contribution in [2.75, 3.05) is 12.3 Å². The summed E-state index contributed by atoms with van der Waals surface area (Å²) >= 11 is 0. The highest BCUT2D eigenvalue weighted by molar-refractivity contribution is 5.49. The topological polar surface area (TPSA) is 70.3 Å². The fourth-order valence-electron chi connectivity index (χ4n) is 1.69. The summed E-state index contributed by atoms with van der Waals surface area (Å²) in [5.41, 5.74) is 7.00. The Morgan fingerprint density at radius 1 is 1.14 bits per heavy atom. The van der Waals surface area contributed by atoms with Crippen molar-refractivity contribution in [2.45, 2.75) is 32.8 Å². The monoisotopic (exact) mass is 287 g/mol. The molecule has 0 spiro atoms. The molecule has 0 aliphatic rings. The zero-order valence-corrected chi connectivity index (χ0v) is 12.7. The molecule has 112 valence electrons. The van der Waals surface area contributed by atoms with Crippen molar-refractivity contribution >= 4 is 5.69 Å². The summed E-state index contributed by atoms with van der Waals surface area (Å²) in [5.74, 6) is 0.900. The van der Waals surface area contributed by atoms with Crippen molar-refractivity contribution in [3.05, 3.63) is 42.2 Å². The Bertz CT molecular complexity index is 580. The van der Waals surface area contributed by atoms with Crippen molar-refractivity contribution in [2.24, 2.45) is 0 Å². The van der Waals surface area contributed by atoms with Gasteiger partial charge in [-0.3, -0.25) is 4.98 Å². The molecular formula is C16H21N3O2. The quantitative estimate of drug-likeness (QED) is 0.915. The molecule has 21 heavy (non-hydrogen) atoms. The van der Waals surface area contributed by atoms with Crippen molar-refractivity contribution in [3.63, 3.8) is 0 Å². The van der Waals surface area contributed by atoms with Crippen LogP contribution in [-0.2, 0) is 6.42 Å². The van der Waals surface area contributed by atoms with Gasteiger partial charge >= 0.3 is 0 Å². The number of ether oxygens (including phenoxy) is 2. The second-order valence-electron chi connectivity index (χ2n) is 5.68. The molecule has 0 aromatic carbocycles. The summed E-state index contributed by atoms with van der Waals surface area (Å²) in [6.07, 6.45) is 2.49. The van der Waals surface area contributed by atoms with Gasteiger partial charge < -0.3 is 15.2 Å². The molecule has 0 radical (unpaired) electrons. The van der Waals surface area contributed by atoms with Crippen LogP contribution in [-0.4, -0.2) is 22.2 Å². The lowest BCUT2D eigenvalue weighted by atomic mass is 10.2. The highest BCUT2D eigenvalue weighted by Crippen LogP contribution is 2.25. The van der Waals surface area contributed by atoms with E-state index >= 15 is 0 Å². The largest absolute Gasteiger partial charge is 0.477 e. The highest BCUT2D eigenvalue weighted by Gasteiger charge is 2.15. The van der Waals surface area contributed by atoms with Gasteiger partial charge in [-0.05, 0) is 39.0 Å². The van der Waals surface area contributed by atoms with Crippen LogP contribution in [0.5, 0.6) is 11.8 Å². The molecule has 2 rings (SSSR count). The summed E-state index contributed by atoms with van der Waals surface area (Å²) in [7, 11) is 0. The minimum atomic E-state index is -0.353. The van der Waals surface area contributed by atoms with E-state index in [-0.39, 0.29) is 5.60 Å². The number of hydrogen-bond acceptors (Lipinski definition) is 5. The first-order chi connectivity index (χ1) is 9.94. The summed E-state index contributed by atoms with van der Waals surface area (Å²) in [6.45, 7) is 6.34. The molecule has 0 saturated heterocycles. The molecule has 0 aliphatic carbocycles. The van der Waals surface area contributed by atoms with E-state index in [1.807, 2.05) is 39.0 Å². The van der Waals surface area contributed by atoms with E-state index in [1.165, 1.54) is 0 Å². The number of nitrogens with two attached hydrogens (primary N) is 1. The predicted molar refractivity (Wildman–Crippen MR) is 82.5 cm³/mol. The lowest BCUT2D eigenvalue weighted by Crippen LogP contribution is -2.24. The smallest absolute Gasteiger partial charge is 0.241 e. The van der Waals surface area contributed by atoms with Gasteiger partial charge in [0.2, 0.25) is 11.8 Å². The Labute approximate surface area is 125 Å². The predicted octanol–water partition coefficient (Wildman–Crippen LogP) is 2.86. The third kappa shape index (κ3) is 4.95. The van der Waals surface area contributed by atoms with Gasteiger partial charge in [0.15, 0.2) is 0 Å². The Kier molecular flexibility index (Phi) is 4.62. The first-order valence-electron chi connectivity index (χ1n) is 6.92. The Balaban J connectivity index is 1.96. The highest BCUT2D eigenvalue weighted by atomic mass is 16.5. The van der Waals surface area contributed by atoms with Crippen LogP contribution < -0.4 is 15.2 Å². The van der Waals surface area contributed by atoms with Crippen LogP contribution in [0.15, 0.2) is 36.5 Å². The molecular weight excluding hydrogens is 266 g/mol. The second kappa shape index (κ2) is 6.43. The number of pyridine rings is 2. The zero-order valence-electron chi connectivity index (χ0n) is 12.7. The Morgan fingerprint density at radius 3 is 2.62 bits per heavy atom. The first kappa shape index (κ1) is 15.1. The van der Waals surface area contributed by atoms with Gasteiger partial charge in [0.1, 0.15) is 5.60 Å². The maximum atomic E-state index is 5.86. The zero-order chi connectivity index (χ0) is 15.3.